The molecule has 0 aliphatic carbocycles. The molecule has 0 spiro atoms. The number of amides is 1. The van der Waals surface area contributed by atoms with E-state index in [0.29, 0.717) is 59.0 Å². The summed E-state index contributed by atoms with van der Waals surface area (Å²) >= 11 is 12.2. The Hall–Kier alpha value is -6.32. The third-order valence-electron chi connectivity index (χ3n) is 11.0. The molecular weight excluding hydrogens is 801 g/mol. The highest BCUT2D eigenvalue weighted by atomic mass is 35.5. The van der Waals surface area contributed by atoms with Crippen LogP contribution in [0, 0.1) is 11.3 Å². The lowest BCUT2D eigenvalue weighted by molar-refractivity contribution is -0.146. The maximum absolute atomic E-state index is 14.4. The third kappa shape index (κ3) is 8.97. The molecule has 0 fully saturated rings. The van der Waals surface area contributed by atoms with Gasteiger partial charge in [0.25, 0.3) is 0 Å². The zero-order valence-electron chi connectivity index (χ0n) is 32.9. The van der Waals surface area contributed by atoms with Gasteiger partial charge in [-0.15, -0.1) is 0 Å². The van der Waals surface area contributed by atoms with Crippen molar-refractivity contribution in [3.63, 3.8) is 0 Å². The average molecular weight is 843 g/mol. The minimum atomic E-state index is -0.924. The van der Waals surface area contributed by atoms with Crippen molar-refractivity contribution in [1.29, 1.82) is 5.26 Å². The number of carbonyl (C=O) groups excluding carboxylic acids is 2. The lowest BCUT2D eigenvalue weighted by Gasteiger charge is -2.40. The summed E-state index contributed by atoms with van der Waals surface area (Å²) in [5.74, 6) is 1.09. The van der Waals surface area contributed by atoms with Crippen molar-refractivity contribution in [3.8, 4) is 34.4 Å². The molecule has 1 aromatic heterocycles. The number of H-pyrrole nitrogens is 1. The molecule has 2 aliphatic heterocycles. The minimum absolute atomic E-state index is 0.235. The first-order chi connectivity index (χ1) is 29.1. The van der Waals surface area contributed by atoms with Crippen molar-refractivity contribution in [3.05, 3.63) is 165 Å². The first-order valence-corrected chi connectivity index (χ1v) is 20.3. The number of nitrogens with one attached hydrogen (secondary N) is 2. The number of methoxy groups -OCH3 is 1. The van der Waals surface area contributed by atoms with Crippen LogP contribution in [0.1, 0.15) is 58.1 Å². The summed E-state index contributed by atoms with van der Waals surface area (Å²) in [6.45, 7) is 3.09. The second kappa shape index (κ2) is 17.9. The monoisotopic (exact) mass is 841 g/mol. The van der Waals surface area contributed by atoms with Gasteiger partial charge in [-0.05, 0) is 107 Å². The lowest BCUT2D eigenvalue weighted by atomic mass is 9.90. The Kier molecular flexibility index (Phi) is 12.1. The van der Waals surface area contributed by atoms with Gasteiger partial charge in [0.2, 0.25) is 5.91 Å². The number of nitrogens with zero attached hydrogens (tertiary/aromatic N) is 3. The smallest absolute Gasteiger partial charge is 0.328 e. The number of carbonyl (C=O) groups is 2. The highest BCUT2D eigenvalue weighted by Crippen LogP contribution is 2.42. The predicted octanol–water partition coefficient (Wildman–Crippen LogP) is 8.74. The molecule has 13 heteroatoms. The largest absolute Gasteiger partial charge is 0.489 e. The van der Waals surface area contributed by atoms with Crippen LogP contribution in [0.2, 0.25) is 10.0 Å². The van der Waals surface area contributed by atoms with Crippen LogP contribution in [-0.2, 0) is 40.3 Å². The van der Waals surface area contributed by atoms with E-state index in [4.69, 9.17) is 47.4 Å². The zero-order chi connectivity index (χ0) is 41.8. The average Bonchev–Trinajstić information content (AvgIpc) is 3.83. The molecule has 0 radical (unpaired) electrons. The molecule has 3 heterocycles. The molecule has 4 atom stereocenters. The van der Waals surface area contributed by atoms with Gasteiger partial charge >= 0.3 is 5.97 Å². The van der Waals surface area contributed by atoms with Crippen molar-refractivity contribution in [2.75, 3.05) is 13.7 Å². The maximum atomic E-state index is 14.4. The van der Waals surface area contributed by atoms with Gasteiger partial charge in [0.15, 0.2) is 17.6 Å². The third-order valence-corrected chi connectivity index (χ3v) is 11.8. The summed E-state index contributed by atoms with van der Waals surface area (Å²) in [6.07, 6.45) is 2.02. The maximum Gasteiger partial charge on any atom is 0.328 e. The van der Waals surface area contributed by atoms with Crippen LogP contribution in [0.25, 0.3) is 11.1 Å². The van der Waals surface area contributed by atoms with Crippen LogP contribution < -0.4 is 19.5 Å². The number of hydrogen-bond acceptors (Lipinski definition) is 9. The number of ether oxygens (including phenoxy) is 4. The number of aromatic amines is 1. The number of aromatic nitrogens is 2. The number of benzene rings is 5. The van der Waals surface area contributed by atoms with E-state index in [1.165, 1.54) is 7.11 Å². The van der Waals surface area contributed by atoms with Crippen molar-refractivity contribution in [2.45, 2.75) is 57.1 Å². The van der Waals surface area contributed by atoms with Crippen LogP contribution in [0.4, 0.5) is 0 Å². The molecule has 2 aliphatic rings. The Balaban J connectivity index is 0.972. The molecule has 0 saturated heterocycles. The molecule has 11 nitrogen and oxygen atoms in total. The summed E-state index contributed by atoms with van der Waals surface area (Å²) in [4.78, 5) is 29.6. The van der Waals surface area contributed by atoms with Gasteiger partial charge in [-0.2, -0.15) is 10.4 Å². The number of esters is 1. The Morgan fingerprint density at radius 2 is 1.63 bits per heavy atom. The number of hydrogen-bond donors (Lipinski definition) is 2. The van der Waals surface area contributed by atoms with E-state index in [1.54, 1.807) is 30.5 Å². The number of rotatable bonds is 12. The Morgan fingerprint density at radius 1 is 0.917 bits per heavy atom. The molecule has 0 saturated carbocycles. The molecule has 5 aromatic carbocycles. The van der Waals surface area contributed by atoms with Crippen LogP contribution in [-0.4, -0.2) is 52.8 Å². The first kappa shape index (κ1) is 40.5. The van der Waals surface area contributed by atoms with E-state index in [-0.39, 0.29) is 24.5 Å². The SMILES string of the molecule is COC(=O)C(Cc1ccc(-c2ccc(C#N)cc2)cc1)NC(=O)[C@@H]1Cc2cc3c(cc2CN1C(C)c1cc[nH]n1)O[C@@H](c1ccc(OCc2ccc(Cl)c(Cl)c2)cc1)CO3. The van der Waals surface area contributed by atoms with Gasteiger partial charge in [0, 0.05) is 19.2 Å². The van der Waals surface area contributed by atoms with Gasteiger partial charge in [-0.3, -0.25) is 14.8 Å². The molecular formula is C47H41Cl2N5O6. The molecule has 1 amide bonds. The Bertz CT molecular complexity index is 2520. The fourth-order valence-electron chi connectivity index (χ4n) is 7.64. The van der Waals surface area contributed by atoms with E-state index >= 15 is 0 Å². The standard InChI is InChI=1S/C47H41Cl2N5O6/c1-28(40-17-18-51-53-40)54-25-36-23-44-43(59-27-45(60-44)34-12-14-37(15-13-34)58-26-31-7-16-38(48)39(49)19-31)22-35(36)21-42(54)46(55)52-41(47(56)57-2)20-29-3-8-32(9-4-29)33-10-5-30(24-50)6-11-33/h3-19,22-23,28,41-42,45H,20-21,25-27H2,1-2H3,(H,51,53)(H,52,55)/t28?,41?,42-,45+/m0/s1. The minimum Gasteiger partial charge on any atom is -0.489 e. The summed E-state index contributed by atoms with van der Waals surface area (Å²) in [7, 11) is 1.32. The highest BCUT2D eigenvalue weighted by molar-refractivity contribution is 6.42. The van der Waals surface area contributed by atoms with Gasteiger partial charge in [-0.1, -0.05) is 77.8 Å². The van der Waals surface area contributed by atoms with Gasteiger partial charge in [-0.25, -0.2) is 4.79 Å². The van der Waals surface area contributed by atoms with E-state index < -0.39 is 18.1 Å². The second-order valence-corrected chi connectivity index (χ2v) is 15.6. The number of fused-ring (bicyclic) bond motifs is 2. The van der Waals surface area contributed by atoms with Crippen molar-refractivity contribution in [2.24, 2.45) is 0 Å². The van der Waals surface area contributed by atoms with Crippen LogP contribution in [0.3, 0.4) is 0 Å². The molecule has 304 valence electrons. The van der Waals surface area contributed by atoms with Gasteiger partial charge in [0.05, 0.1) is 46.6 Å². The molecule has 2 unspecified atom stereocenters. The van der Waals surface area contributed by atoms with Crippen molar-refractivity contribution >= 4 is 35.1 Å². The first-order valence-electron chi connectivity index (χ1n) is 19.5. The van der Waals surface area contributed by atoms with E-state index in [2.05, 4.69) is 26.5 Å². The molecule has 8 rings (SSSR count). The zero-order valence-corrected chi connectivity index (χ0v) is 34.4. The Labute approximate surface area is 357 Å². The van der Waals surface area contributed by atoms with Crippen LogP contribution >= 0.6 is 23.2 Å². The molecule has 0 bridgehead atoms. The number of halogens is 2. The fourth-order valence-corrected chi connectivity index (χ4v) is 7.97. The van der Waals surface area contributed by atoms with E-state index in [9.17, 15) is 9.59 Å². The topological polar surface area (TPSA) is 139 Å². The molecule has 6 aromatic rings. The van der Waals surface area contributed by atoms with E-state index in [1.807, 2.05) is 91.9 Å². The summed E-state index contributed by atoms with van der Waals surface area (Å²) in [6, 6.07) is 34.5. The van der Waals surface area contributed by atoms with Crippen LogP contribution in [0.15, 0.2) is 115 Å². The van der Waals surface area contributed by atoms with Crippen molar-refractivity contribution < 1.29 is 28.5 Å². The number of nitriles is 1. The van der Waals surface area contributed by atoms with E-state index in [0.717, 1.165) is 44.6 Å². The summed E-state index contributed by atoms with van der Waals surface area (Å²) in [5, 5.41) is 20.5. The van der Waals surface area contributed by atoms with Crippen molar-refractivity contribution in [1.82, 2.24) is 20.4 Å². The predicted molar refractivity (Wildman–Crippen MR) is 227 cm³/mol. The lowest BCUT2D eigenvalue weighted by Crippen LogP contribution is -2.55. The highest BCUT2D eigenvalue weighted by Gasteiger charge is 2.38. The fraction of sp³-hybridized carbons (Fsp3) is 0.234. The van der Waals surface area contributed by atoms with Gasteiger partial charge < -0.3 is 24.3 Å². The second-order valence-electron chi connectivity index (χ2n) is 14.8. The summed E-state index contributed by atoms with van der Waals surface area (Å²) in [5.41, 5.74) is 7.96. The normalized spacial score (nSPS) is 16.8. The van der Waals surface area contributed by atoms with Gasteiger partial charge in [0.1, 0.15) is 25.0 Å². The molecule has 60 heavy (non-hydrogen) atoms. The Morgan fingerprint density at radius 3 is 2.32 bits per heavy atom. The molecule has 2 N–H and O–H groups in total. The summed E-state index contributed by atoms with van der Waals surface area (Å²) < 4.78 is 24.0. The quantitative estimate of drug-likeness (QED) is 0.116. The van der Waals surface area contributed by atoms with Crippen LogP contribution in [0.5, 0.6) is 17.2 Å².